The molecule has 5 nitrogen and oxygen atoms in total. The van der Waals surface area contributed by atoms with Crippen molar-refractivity contribution in [3.05, 3.63) is 69.6 Å². The maximum absolute atomic E-state index is 12.3. The van der Waals surface area contributed by atoms with E-state index in [0.717, 1.165) is 11.4 Å². The van der Waals surface area contributed by atoms with Gasteiger partial charge in [0.1, 0.15) is 0 Å². The molecular formula is C17H14Cl2N4O. The van der Waals surface area contributed by atoms with E-state index >= 15 is 0 Å². The Morgan fingerprint density at radius 1 is 1.12 bits per heavy atom. The normalized spacial score (nSPS) is 10.7. The van der Waals surface area contributed by atoms with Crippen LogP contribution in [-0.2, 0) is 0 Å². The van der Waals surface area contributed by atoms with Gasteiger partial charge in [0.25, 0.3) is 5.91 Å². The zero-order valence-electron chi connectivity index (χ0n) is 13.0. The van der Waals surface area contributed by atoms with Crippen LogP contribution >= 0.6 is 23.2 Å². The van der Waals surface area contributed by atoms with Crippen LogP contribution in [0.5, 0.6) is 0 Å². The number of hydrogen-bond donors (Lipinski definition) is 1. The molecule has 0 fully saturated rings. The lowest BCUT2D eigenvalue weighted by Crippen LogP contribution is -2.13. The summed E-state index contributed by atoms with van der Waals surface area (Å²) in [6, 6.07) is 10.3. The second-order valence-corrected chi connectivity index (χ2v) is 6.17. The quantitative estimate of drug-likeness (QED) is 0.750. The predicted octanol–water partition coefficient (Wildman–Crippen LogP) is 4.44. The van der Waals surface area contributed by atoms with Crippen LogP contribution in [0.3, 0.4) is 0 Å². The molecule has 24 heavy (non-hydrogen) atoms. The first-order valence-electron chi connectivity index (χ1n) is 7.20. The van der Waals surface area contributed by atoms with Gasteiger partial charge >= 0.3 is 0 Å². The fraction of sp³-hybridized carbons (Fsp3) is 0.118. The molecule has 7 heteroatoms. The zero-order chi connectivity index (χ0) is 17.3. The maximum atomic E-state index is 12.3. The Bertz CT molecular complexity index is 903. The van der Waals surface area contributed by atoms with Crippen molar-refractivity contribution in [3.8, 4) is 5.82 Å². The Morgan fingerprint density at radius 3 is 2.50 bits per heavy atom. The first-order valence-corrected chi connectivity index (χ1v) is 7.96. The van der Waals surface area contributed by atoms with Gasteiger partial charge in [-0.3, -0.25) is 4.79 Å². The van der Waals surface area contributed by atoms with E-state index in [-0.39, 0.29) is 5.91 Å². The molecule has 2 aromatic heterocycles. The highest BCUT2D eigenvalue weighted by molar-refractivity contribution is 6.37. The van der Waals surface area contributed by atoms with E-state index in [1.54, 1.807) is 35.1 Å². The van der Waals surface area contributed by atoms with E-state index in [1.807, 2.05) is 19.9 Å². The maximum Gasteiger partial charge on any atom is 0.257 e. The number of carbonyl (C=O) groups is 1. The second-order valence-electron chi connectivity index (χ2n) is 5.32. The molecule has 0 aliphatic heterocycles. The van der Waals surface area contributed by atoms with Gasteiger partial charge in [0.05, 0.1) is 28.2 Å². The summed E-state index contributed by atoms with van der Waals surface area (Å²) in [5.74, 6) is 0.362. The number of aryl methyl sites for hydroxylation is 2. The molecule has 0 spiro atoms. The number of nitrogens with one attached hydrogen (secondary N) is 1. The van der Waals surface area contributed by atoms with Crippen LogP contribution in [0.15, 0.2) is 42.6 Å². The molecule has 1 amide bonds. The molecule has 1 N–H and O–H groups in total. The molecule has 0 aliphatic rings. The number of rotatable bonds is 3. The van der Waals surface area contributed by atoms with E-state index in [4.69, 9.17) is 23.2 Å². The van der Waals surface area contributed by atoms with Gasteiger partial charge in [0, 0.05) is 10.7 Å². The average Bonchev–Trinajstić information content (AvgIpc) is 2.86. The van der Waals surface area contributed by atoms with E-state index in [0.29, 0.717) is 27.1 Å². The van der Waals surface area contributed by atoms with Crippen molar-refractivity contribution in [2.24, 2.45) is 0 Å². The smallest absolute Gasteiger partial charge is 0.257 e. The minimum absolute atomic E-state index is 0.298. The van der Waals surface area contributed by atoms with Gasteiger partial charge in [-0.05, 0) is 50.2 Å². The van der Waals surface area contributed by atoms with Gasteiger partial charge in [0.15, 0.2) is 5.82 Å². The highest BCUT2D eigenvalue weighted by Crippen LogP contribution is 2.22. The highest BCUT2D eigenvalue weighted by atomic mass is 35.5. The molecule has 122 valence electrons. The van der Waals surface area contributed by atoms with Crippen molar-refractivity contribution >= 4 is 34.8 Å². The van der Waals surface area contributed by atoms with Gasteiger partial charge in [-0.15, -0.1) is 0 Å². The Labute approximate surface area is 149 Å². The van der Waals surface area contributed by atoms with Gasteiger partial charge in [-0.25, -0.2) is 9.67 Å². The lowest BCUT2D eigenvalue weighted by molar-refractivity contribution is 0.102. The van der Waals surface area contributed by atoms with Gasteiger partial charge in [-0.1, -0.05) is 23.2 Å². The van der Waals surface area contributed by atoms with Crippen LogP contribution in [0.4, 0.5) is 5.69 Å². The molecule has 0 unspecified atom stereocenters. The molecular weight excluding hydrogens is 347 g/mol. The van der Waals surface area contributed by atoms with Gasteiger partial charge in [-0.2, -0.15) is 5.10 Å². The topological polar surface area (TPSA) is 59.8 Å². The lowest BCUT2D eigenvalue weighted by Gasteiger charge is -2.08. The number of nitrogens with zero attached hydrogens (tertiary/aromatic N) is 3. The summed E-state index contributed by atoms with van der Waals surface area (Å²) >= 11 is 11.9. The predicted molar refractivity (Wildman–Crippen MR) is 95.2 cm³/mol. The summed E-state index contributed by atoms with van der Waals surface area (Å²) in [5, 5.41) is 7.91. The van der Waals surface area contributed by atoms with E-state index < -0.39 is 0 Å². The third-order valence-electron chi connectivity index (χ3n) is 3.41. The summed E-state index contributed by atoms with van der Waals surface area (Å²) < 4.78 is 1.75. The molecule has 0 saturated heterocycles. The fourth-order valence-electron chi connectivity index (χ4n) is 2.32. The number of carbonyl (C=O) groups excluding carboxylic acids is 1. The summed E-state index contributed by atoms with van der Waals surface area (Å²) in [6.45, 7) is 3.88. The molecule has 2 heterocycles. The van der Waals surface area contributed by atoms with Crippen molar-refractivity contribution < 1.29 is 4.79 Å². The van der Waals surface area contributed by atoms with Crippen molar-refractivity contribution in [3.63, 3.8) is 0 Å². The Balaban J connectivity index is 1.79. The van der Waals surface area contributed by atoms with Crippen LogP contribution < -0.4 is 5.32 Å². The zero-order valence-corrected chi connectivity index (χ0v) is 14.6. The van der Waals surface area contributed by atoms with E-state index in [9.17, 15) is 4.79 Å². The van der Waals surface area contributed by atoms with Crippen molar-refractivity contribution in [1.82, 2.24) is 14.8 Å². The molecule has 1 aromatic carbocycles. The number of halogens is 2. The van der Waals surface area contributed by atoms with Crippen LogP contribution in [0.2, 0.25) is 10.0 Å². The first-order chi connectivity index (χ1) is 11.4. The number of benzene rings is 1. The van der Waals surface area contributed by atoms with Gasteiger partial charge in [0.2, 0.25) is 0 Å². The highest BCUT2D eigenvalue weighted by Gasteiger charge is 2.12. The largest absolute Gasteiger partial charge is 0.321 e. The Morgan fingerprint density at radius 2 is 1.92 bits per heavy atom. The number of anilines is 1. The van der Waals surface area contributed by atoms with Gasteiger partial charge < -0.3 is 5.32 Å². The monoisotopic (exact) mass is 360 g/mol. The molecule has 0 radical (unpaired) electrons. The molecule has 0 aliphatic carbocycles. The molecule has 0 saturated carbocycles. The number of hydrogen-bond acceptors (Lipinski definition) is 3. The Kier molecular flexibility index (Phi) is 4.55. The molecule has 0 bridgehead atoms. The summed E-state index contributed by atoms with van der Waals surface area (Å²) in [7, 11) is 0. The molecule has 3 aromatic rings. The lowest BCUT2D eigenvalue weighted by atomic mass is 10.2. The fourth-order valence-corrected chi connectivity index (χ4v) is 2.81. The average molecular weight is 361 g/mol. The van der Waals surface area contributed by atoms with Crippen LogP contribution in [0.1, 0.15) is 21.7 Å². The third-order valence-corrected chi connectivity index (χ3v) is 3.96. The SMILES string of the molecule is Cc1cc(C)n(-c2ccc(NC(=O)c3ccc(Cl)cc3Cl)cn2)n1. The van der Waals surface area contributed by atoms with Crippen molar-refractivity contribution in [2.75, 3.05) is 5.32 Å². The molecule has 3 rings (SSSR count). The Hall–Kier alpha value is -2.37. The number of pyridine rings is 1. The van der Waals surface area contributed by atoms with Crippen molar-refractivity contribution in [2.45, 2.75) is 13.8 Å². The number of amides is 1. The standard InChI is InChI=1S/C17H14Cl2N4O/c1-10-7-11(2)23(22-10)16-6-4-13(9-20-16)21-17(24)14-5-3-12(18)8-15(14)19/h3-9H,1-2H3,(H,21,24). The minimum atomic E-state index is -0.322. The number of aromatic nitrogens is 3. The summed E-state index contributed by atoms with van der Waals surface area (Å²) in [6.07, 6.45) is 1.58. The second kappa shape index (κ2) is 6.63. The van der Waals surface area contributed by atoms with Crippen LogP contribution in [0.25, 0.3) is 5.82 Å². The first kappa shape index (κ1) is 16.5. The van der Waals surface area contributed by atoms with Crippen LogP contribution in [0, 0.1) is 13.8 Å². The molecule has 0 atom stereocenters. The summed E-state index contributed by atoms with van der Waals surface area (Å²) in [4.78, 5) is 16.6. The third kappa shape index (κ3) is 3.42. The van der Waals surface area contributed by atoms with Crippen molar-refractivity contribution in [1.29, 1.82) is 0 Å². The van der Waals surface area contributed by atoms with E-state index in [2.05, 4.69) is 15.4 Å². The van der Waals surface area contributed by atoms with E-state index in [1.165, 1.54) is 6.07 Å². The minimum Gasteiger partial charge on any atom is -0.321 e. The van der Waals surface area contributed by atoms with Crippen LogP contribution in [-0.4, -0.2) is 20.7 Å². The summed E-state index contributed by atoms with van der Waals surface area (Å²) in [5.41, 5.74) is 2.83.